The molecule has 0 radical (unpaired) electrons. The van der Waals surface area contributed by atoms with Gasteiger partial charge in [-0.3, -0.25) is 9.69 Å². The van der Waals surface area contributed by atoms with Crippen molar-refractivity contribution in [1.29, 1.82) is 0 Å². The predicted molar refractivity (Wildman–Crippen MR) is 111 cm³/mol. The van der Waals surface area contributed by atoms with E-state index in [1.165, 1.54) is 11.8 Å². The Morgan fingerprint density at radius 2 is 2.07 bits per heavy atom. The first kappa shape index (κ1) is 23.5. The lowest BCUT2D eigenvalue weighted by molar-refractivity contribution is -0.156. The van der Waals surface area contributed by atoms with Crippen LogP contribution in [-0.2, 0) is 9.53 Å². The van der Waals surface area contributed by atoms with Gasteiger partial charge >= 0.3 is 0 Å². The van der Waals surface area contributed by atoms with E-state index < -0.39 is 40.5 Å². The minimum atomic E-state index is -1.23. The molecule has 2 fully saturated rings. The molecule has 1 amide bonds. The highest BCUT2D eigenvalue weighted by molar-refractivity contribution is 7.99. The van der Waals surface area contributed by atoms with E-state index >= 15 is 0 Å². The van der Waals surface area contributed by atoms with Crippen molar-refractivity contribution in [3.63, 3.8) is 0 Å². The van der Waals surface area contributed by atoms with Crippen molar-refractivity contribution in [1.82, 2.24) is 10.2 Å². The van der Waals surface area contributed by atoms with Gasteiger partial charge in [0, 0.05) is 6.54 Å². The Kier molecular flexibility index (Phi) is 8.99. The second kappa shape index (κ2) is 10.3. The zero-order valence-corrected chi connectivity index (χ0v) is 18.7. The molecule has 2 saturated heterocycles. The number of alkyl halides is 2. The zero-order valence-electron chi connectivity index (χ0n) is 16.3. The fourth-order valence-electron chi connectivity index (χ4n) is 4.08. The number of hydrogen-bond donors (Lipinski definition) is 3. The summed E-state index contributed by atoms with van der Waals surface area (Å²) in [5.41, 5.74) is -0.493. The lowest BCUT2D eigenvalue weighted by Gasteiger charge is -2.44. The van der Waals surface area contributed by atoms with Gasteiger partial charge in [-0.25, -0.2) is 0 Å². The number of ether oxygens (including phenoxy) is 1. The molecule has 0 bridgehead atoms. The Morgan fingerprint density at radius 3 is 2.63 bits per heavy atom. The van der Waals surface area contributed by atoms with E-state index in [0.717, 1.165) is 25.8 Å². The standard InChI is InChI=1S/C18H32Cl2N2O4S/c1-5-6-10-7-11(22(3)8-10)17(25)21-13(9(2)19)16-15(24)14(23)12(20)18(26-16)27-4/h9-16,18,23-24H,5-8H2,1-4H3,(H,21,25)/t9-,10+,11-,12?,13+,14?,15?,16?,18?/m0/s1. The molecule has 2 aliphatic heterocycles. The molecule has 0 aromatic heterocycles. The van der Waals surface area contributed by atoms with E-state index in [2.05, 4.69) is 17.1 Å². The van der Waals surface area contributed by atoms with E-state index in [9.17, 15) is 15.0 Å². The van der Waals surface area contributed by atoms with Gasteiger partial charge in [0.15, 0.2) is 0 Å². The monoisotopic (exact) mass is 442 g/mol. The third kappa shape index (κ3) is 5.44. The van der Waals surface area contributed by atoms with E-state index in [-0.39, 0.29) is 11.9 Å². The van der Waals surface area contributed by atoms with Gasteiger partial charge in [-0.15, -0.1) is 35.0 Å². The molecule has 0 saturated carbocycles. The number of rotatable bonds is 7. The predicted octanol–water partition coefficient (Wildman–Crippen LogP) is 1.64. The first-order chi connectivity index (χ1) is 12.7. The van der Waals surface area contributed by atoms with Gasteiger partial charge in [-0.05, 0) is 39.0 Å². The average molecular weight is 443 g/mol. The molecule has 2 rings (SSSR count). The quantitative estimate of drug-likeness (QED) is 0.519. The molecule has 5 unspecified atom stereocenters. The SMILES string of the molecule is CCC[C@@H]1C[C@@H](C(=O)N[C@@H](C2OC(SC)C(Cl)C(O)C2O)[C@H](C)Cl)N(C)C1. The lowest BCUT2D eigenvalue weighted by Crippen LogP contribution is -2.64. The van der Waals surface area contributed by atoms with Gasteiger partial charge in [0.25, 0.3) is 0 Å². The number of likely N-dealkylation sites (N-methyl/N-ethyl adjacent to an activating group) is 1. The molecule has 158 valence electrons. The Bertz CT molecular complexity index is 500. The third-order valence-corrected chi connectivity index (χ3v) is 7.37. The highest BCUT2D eigenvalue weighted by atomic mass is 35.5. The molecular weight excluding hydrogens is 411 g/mol. The van der Waals surface area contributed by atoms with Gasteiger partial charge in [0.05, 0.1) is 22.8 Å². The van der Waals surface area contributed by atoms with Crippen molar-refractivity contribution in [2.45, 2.75) is 79.7 Å². The molecule has 2 aliphatic rings. The summed E-state index contributed by atoms with van der Waals surface area (Å²) in [7, 11) is 1.95. The lowest BCUT2D eigenvalue weighted by atomic mass is 9.93. The Balaban J connectivity index is 2.09. The fourth-order valence-corrected chi connectivity index (χ4v) is 5.47. The van der Waals surface area contributed by atoms with Gasteiger partial charge in [0.1, 0.15) is 23.7 Å². The fraction of sp³-hybridized carbons (Fsp3) is 0.944. The van der Waals surface area contributed by atoms with Crippen LogP contribution in [0.4, 0.5) is 0 Å². The van der Waals surface area contributed by atoms with Gasteiger partial charge < -0.3 is 20.3 Å². The molecule has 9 heteroatoms. The van der Waals surface area contributed by atoms with Gasteiger partial charge in [-0.1, -0.05) is 13.3 Å². The van der Waals surface area contributed by atoms with Gasteiger partial charge in [0.2, 0.25) is 5.91 Å². The van der Waals surface area contributed by atoms with Crippen LogP contribution in [-0.4, -0.2) is 87.5 Å². The van der Waals surface area contributed by atoms with Crippen LogP contribution in [0.2, 0.25) is 0 Å². The Morgan fingerprint density at radius 1 is 1.41 bits per heavy atom. The van der Waals surface area contributed by atoms with Crippen LogP contribution in [0.5, 0.6) is 0 Å². The van der Waals surface area contributed by atoms with E-state index in [4.69, 9.17) is 27.9 Å². The maximum absolute atomic E-state index is 12.9. The maximum atomic E-state index is 12.9. The van der Waals surface area contributed by atoms with Gasteiger partial charge in [-0.2, -0.15) is 0 Å². The Labute approximate surface area is 176 Å². The first-order valence-corrected chi connectivity index (χ1v) is 11.7. The molecule has 0 aromatic rings. The van der Waals surface area contributed by atoms with Crippen molar-refractivity contribution in [2.75, 3.05) is 19.8 Å². The number of carbonyl (C=O) groups is 1. The molecular formula is C18H32Cl2N2O4S. The molecule has 3 N–H and O–H groups in total. The second-order valence-corrected chi connectivity index (χ2v) is 9.82. The normalized spacial score (nSPS) is 39.9. The number of amides is 1. The molecule has 0 spiro atoms. The van der Waals surface area contributed by atoms with Crippen LogP contribution in [0.15, 0.2) is 0 Å². The minimum Gasteiger partial charge on any atom is -0.389 e. The molecule has 0 aliphatic carbocycles. The molecule has 6 nitrogen and oxygen atoms in total. The van der Waals surface area contributed by atoms with Crippen LogP contribution in [0.1, 0.15) is 33.1 Å². The smallest absolute Gasteiger partial charge is 0.237 e. The van der Waals surface area contributed by atoms with Crippen LogP contribution in [0, 0.1) is 5.92 Å². The summed E-state index contributed by atoms with van der Waals surface area (Å²) in [4.78, 5) is 15.0. The summed E-state index contributed by atoms with van der Waals surface area (Å²) in [6.45, 7) is 4.79. The largest absolute Gasteiger partial charge is 0.389 e. The molecule has 9 atom stereocenters. The molecule has 0 aromatic carbocycles. The van der Waals surface area contributed by atoms with Crippen molar-refractivity contribution in [3.05, 3.63) is 0 Å². The number of aliphatic hydroxyl groups is 2. The van der Waals surface area contributed by atoms with Crippen LogP contribution in [0.25, 0.3) is 0 Å². The molecule has 27 heavy (non-hydrogen) atoms. The second-order valence-electron chi connectivity index (χ2n) is 7.69. The van der Waals surface area contributed by atoms with E-state index in [1.54, 1.807) is 6.92 Å². The summed E-state index contributed by atoms with van der Waals surface area (Å²) < 4.78 is 5.91. The highest BCUT2D eigenvalue weighted by Crippen LogP contribution is 2.33. The first-order valence-electron chi connectivity index (χ1n) is 9.54. The van der Waals surface area contributed by atoms with Crippen molar-refractivity contribution in [3.8, 4) is 0 Å². The summed E-state index contributed by atoms with van der Waals surface area (Å²) in [5, 5.41) is 22.5. The molecule has 2 heterocycles. The minimum absolute atomic E-state index is 0.118. The van der Waals surface area contributed by atoms with E-state index in [0.29, 0.717) is 5.92 Å². The van der Waals surface area contributed by atoms with E-state index in [1.807, 2.05) is 13.3 Å². The number of aliphatic hydroxyl groups excluding tert-OH is 2. The summed E-state index contributed by atoms with van der Waals surface area (Å²) in [6, 6.07) is -0.858. The zero-order chi connectivity index (χ0) is 20.3. The number of halogens is 2. The van der Waals surface area contributed by atoms with Crippen LogP contribution < -0.4 is 5.32 Å². The van der Waals surface area contributed by atoms with Crippen LogP contribution >= 0.6 is 35.0 Å². The topological polar surface area (TPSA) is 82.0 Å². The summed E-state index contributed by atoms with van der Waals surface area (Å²) in [6.07, 6.45) is 1.63. The number of nitrogens with zero attached hydrogens (tertiary/aromatic N) is 1. The summed E-state index contributed by atoms with van der Waals surface area (Å²) >= 11 is 13.9. The average Bonchev–Trinajstić information content (AvgIpc) is 2.99. The van der Waals surface area contributed by atoms with Crippen LogP contribution in [0.3, 0.4) is 0 Å². The number of likely N-dealkylation sites (tertiary alicyclic amines) is 1. The number of nitrogens with one attached hydrogen (secondary N) is 1. The number of carbonyl (C=O) groups excluding carboxylic acids is 1. The van der Waals surface area contributed by atoms with Crippen molar-refractivity contribution in [2.24, 2.45) is 5.92 Å². The highest BCUT2D eigenvalue weighted by Gasteiger charge is 2.48. The summed E-state index contributed by atoms with van der Waals surface area (Å²) in [5.74, 6) is 0.395. The number of hydrogen-bond acceptors (Lipinski definition) is 6. The number of thioether (sulfide) groups is 1. The van der Waals surface area contributed by atoms with Crippen molar-refractivity contribution >= 4 is 40.9 Å². The third-order valence-electron chi connectivity index (χ3n) is 5.59. The maximum Gasteiger partial charge on any atom is 0.237 e. The van der Waals surface area contributed by atoms with Crippen molar-refractivity contribution < 1.29 is 19.7 Å². The Hall–Kier alpha value is 0.240.